The van der Waals surface area contributed by atoms with Crippen LogP contribution < -0.4 is 0 Å². The summed E-state index contributed by atoms with van der Waals surface area (Å²) >= 11 is 0. The van der Waals surface area contributed by atoms with Crippen molar-refractivity contribution in [3.05, 3.63) is 0 Å². The van der Waals surface area contributed by atoms with E-state index in [2.05, 4.69) is 0 Å². The largest absolute Gasteiger partial charge is 0.464 e. The molecule has 178 valence electrons. The highest BCUT2D eigenvalue weighted by Crippen LogP contribution is 2.49. The molecule has 0 aromatic carbocycles. The second kappa shape index (κ2) is 9.07. The molecule has 1 unspecified atom stereocenters. The SMILES string of the molecule is CCOC(=O)C1COC(=O)N1C1CCN(C(=O)CCC(F)(C(F)(F)F)C(F)(F)F)CC1. The molecule has 1 atom stereocenters. The zero-order chi connectivity index (χ0) is 23.6. The number of carbonyl (C=O) groups excluding carboxylic acids is 3. The second-order valence-electron chi connectivity index (χ2n) is 7.16. The minimum Gasteiger partial charge on any atom is -0.464 e. The van der Waals surface area contributed by atoms with Crippen LogP contribution in [0.15, 0.2) is 0 Å². The lowest BCUT2D eigenvalue weighted by atomic mass is 9.96. The van der Waals surface area contributed by atoms with Crippen LogP contribution in [0.25, 0.3) is 0 Å². The van der Waals surface area contributed by atoms with E-state index in [9.17, 15) is 45.1 Å². The van der Waals surface area contributed by atoms with Crippen LogP contribution in [0.3, 0.4) is 0 Å². The van der Waals surface area contributed by atoms with Gasteiger partial charge < -0.3 is 14.4 Å². The summed E-state index contributed by atoms with van der Waals surface area (Å²) < 4.78 is 99.1. The Morgan fingerprint density at radius 1 is 1.06 bits per heavy atom. The first-order chi connectivity index (χ1) is 14.2. The number of likely N-dealkylation sites (tertiary alicyclic amines) is 1. The Morgan fingerprint density at radius 2 is 1.61 bits per heavy atom. The van der Waals surface area contributed by atoms with Gasteiger partial charge in [-0.25, -0.2) is 14.0 Å². The summed E-state index contributed by atoms with van der Waals surface area (Å²) in [6.45, 7) is 1.24. The van der Waals surface area contributed by atoms with E-state index in [1.165, 1.54) is 4.90 Å². The smallest absolute Gasteiger partial charge is 0.431 e. The van der Waals surface area contributed by atoms with Crippen molar-refractivity contribution in [3.8, 4) is 0 Å². The average Bonchev–Trinajstić information content (AvgIpc) is 3.06. The summed E-state index contributed by atoms with van der Waals surface area (Å²) in [7, 11) is 0. The third kappa shape index (κ3) is 5.14. The fourth-order valence-corrected chi connectivity index (χ4v) is 3.53. The minimum absolute atomic E-state index is 0.0796. The highest BCUT2D eigenvalue weighted by molar-refractivity contribution is 5.84. The molecule has 2 saturated heterocycles. The molecule has 0 radical (unpaired) electrons. The second-order valence-corrected chi connectivity index (χ2v) is 7.16. The summed E-state index contributed by atoms with van der Waals surface area (Å²) in [6, 6.07) is -1.52. The predicted molar refractivity (Wildman–Crippen MR) is 88.4 cm³/mol. The number of ether oxygens (including phenoxy) is 2. The Morgan fingerprint density at radius 3 is 2.10 bits per heavy atom. The Labute approximate surface area is 172 Å². The molecule has 0 aromatic heterocycles. The zero-order valence-electron chi connectivity index (χ0n) is 16.4. The number of esters is 1. The molecular formula is C17H21F7N2O5. The standard InChI is InChI=1S/C17H21F7N2O5/c1-2-30-13(28)11-9-31-14(29)26(11)10-4-7-25(8-5-10)12(27)3-6-15(18,16(19,20)21)17(22,23)24/h10-11H,2-9H2,1H3. The maximum absolute atomic E-state index is 13.7. The van der Waals surface area contributed by atoms with Gasteiger partial charge in [0, 0.05) is 32.0 Å². The van der Waals surface area contributed by atoms with E-state index in [0.717, 1.165) is 4.90 Å². The third-order valence-corrected chi connectivity index (χ3v) is 5.26. The molecule has 0 saturated carbocycles. The number of piperidine rings is 1. The number of rotatable bonds is 6. The first-order valence-corrected chi connectivity index (χ1v) is 9.44. The van der Waals surface area contributed by atoms with Crippen LogP contribution in [0.2, 0.25) is 0 Å². The molecule has 2 heterocycles. The van der Waals surface area contributed by atoms with E-state index in [1.807, 2.05) is 0 Å². The van der Waals surface area contributed by atoms with Crippen LogP contribution in [0.5, 0.6) is 0 Å². The number of carbonyl (C=O) groups is 3. The quantitative estimate of drug-likeness (QED) is 0.445. The molecule has 14 heteroatoms. The first-order valence-electron chi connectivity index (χ1n) is 9.44. The molecule has 0 bridgehead atoms. The Hall–Kier alpha value is -2.28. The molecular weight excluding hydrogens is 445 g/mol. The van der Waals surface area contributed by atoms with Gasteiger partial charge in [-0.1, -0.05) is 0 Å². The van der Waals surface area contributed by atoms with Crippen LogP contribution in [-0.4, -0.2) is 84.2 Å². The lowest BCUT2D eigenvalue weighted by molar-refractivity contribution is -0.343. The molecule has 31 heavy (non-hydrogen) atoms. The molecule has 2 aliphatic rings. The summed E-state index contributed by atoms with van der Waals surface area (Å²) in [4.78, 5) is 38.2. The maximum atomic E-state index is 13.7. The van der Waals surface area contributed by atoms with Crippen LogP contribution in [0.4, 0.5) is 35.5 Å². The van der Waals surface area contributed by atoms with Gasteiger partial charge in [-0.05, 0) is 19.8 Å². The summed E-state index contributed by atoms with van der Waals surface area (Å²) in [6.07, 6.45) is -16.3. The third-order valence-electron chi connectivity index (χ3n) is 5.26. The summed E-state index contributed by atoms with van der Waals surface area (Å²) in [5, 5.41) is 0. The van der Waals surface area contributed by atoms with Gasteiger partial charge in [-0.2, -0.15) is 26.3 Å². The highest BCUT2D eigenvalue weighted by atomic mass is 19.4. The van der Waals surface area contributed by atoms with Crippen LogP contribution >= 0.6 is 0 Å². The molecule has 2 rings (SSSR count). The van der Waals surface area contributed by atoms with Gasteiger partial charge in [-0.3, -0.25) is 9.69 Å². The topological polar surface area (TPSA) is 76.2 Å². The van der Waals surface area contributed by atoms with Crippen LogP contribution in [-0.2, 0) is 19.1 Å². The van der Waals surface area contributed by atoms with Crippen LogP contribution in [0, 0.1) is 0 Å². The molecule has 2 aliphatic heterocycles. The van der Waals surface area contributed by atoms with Gasteiger partial charge in [0.2, 0.25) is 5.91 Å². The van der Waals surface area contributed by atoms with Gasteiger partial charge in [0.15, 0.2) is 6.04 Å². The Balaban J connectivity index is 1.95. The predicted octanol–water partition coefficient (Wildman–Crippen LogP) is 2.97. The van der Waals surface area contributed by atoms with E-state index < -0.39 is 60.9 Å². The number of cyclic esters (lactones) is 1. The molecule has 0 spiro atoms. The van der Waals surface area contributed by atoms with Crippen molar-refractivity contribution in [2.75, 3.05) is 26.3 Å². The molecule has 0 aromatic rings. The van der Waals surface area contributed by atoms with E-state index in [0.29, 0.717) is 0 Å². The van der Waals surface area contributed by atoms with Crippen molar-refractivity contribution in [2.45, 2.75) is 62.7 Å². The highest BCUT2D eigenvalue weighted by Gasteiger charge is 2.72. The number of amides is 2. The van der Waals surface area contributed by atoms with Gasteiger partial charge in [0.25, 0.3) is 5.67 Å². The van der Waals surface area contributed by atoms with E-state index in [4.69, 9.17) is 9.47 Å². The Kier molecular flexibility index (Phi) is 7.31. The van der Waals surface area contributed by atoms with E-state index >= 15 is 0 Å². The number of hydrogen-bond acceptors (Lipinski definition) is 5. The van der Waals surface area contributed by atoms with Crippen molar-refractivity contribution in [3.63, 3.8) is 0 Å². The average molecular weight is 466 g/mol. The van der Waals surface area contributed by atoms with E-state index in [-0.39, 0.29) is 39.1 Å². The van der Waals surface area contributed by atoms with Crippen molar-refractivity contribution >= 4 is 18.0 Å². The lowest BCUT2D eigenvalue weighted by Gasteiger charge is -2.37. The number of nitrogens with zero attached hydrogens (tertiary/aromatic N) is 2. The number of halogens is 7. The van der Waals surface area contributed by atoms with Crippen molar-refractivity contribution < 1.29 is 54.6 Å². The Bertz CT molecular complexity index is 675. The van der Waals surface area contributed by atoms with Gasteiger partial charge >= 0.3 is 24.4 Å². The molecule has 2 amide bonds. The van der Waals surface area contributed by atoms with Gasteiger partial charge in [0.05, 0.1) is 6.61 Å². The molecule has 2 fully saturated rings. The van der Waals surface area contributed by atoms with Gasteiger partial charge in [0.1, 0.15) is 6.61 Å². The minimum atomic E-state index is -6.21. The molecule has 0 N–H and O–H groups in total. The van der Waals surface area contributed by atoms with Crippen molar-refractivity contribution in [2.24, 2.45) is 0 Å². The van der Waals surface area contributed by atoms with Crippen molar-refractivity contribution in [1.29, 1.82) is 0 Å². The summed E-state index contributed by atoms with van der Waals surface area (Å²) in [5.41, 5.74) is -5.49. The fourth-order valence-electron chi connectivity index (χ4n) is 3.53. The molecule has 0 aliphatic carbocycles. The number of hydrogen-bond donors (Lipinski definition) is 0. The fraction of sp³-hybridized carbons (Fsp3) is 0.824. The lowest BCUT2D eigenvalue weighted by Crippen LogP contribution is -2.54. The number of alkyl halides is 7. The first kappa shape index (κ1) is 25.0. The van der Waals surface area contributed by atoms with Crippen LogP contribution in [0.1, 0.15) is 32.6 Å². The summed E-state index contributed by atoms with van der Waals surface area (Å²) in [5.74, 6) is -1.75. The van der Waals surface area contributed by atoms with Crippen molar-refractivity contribution in [1.82, 2.24) is 9.80 Å². The monoisotopic (exact) mass is 466 g/mol. The zero-order valence-corrected chi connectivity index (χ0v) is 16.4. The molecule has 7 nitrogen and oxygen atoms in total. The van der Waals surface area contributed by atoms with E-state index in [1.54, 1.807) is 6.92 Å². The normalized spacial score (nSPS) is 21.3. The van der Waals surface area contributed by atoms with Gasteiger partial charge in [-0.15, -0.1) is 0 Å². The maximum Gasteiger partial charge on any atom is 0.431 e.